The fourth-order valence-electron chi connectivity index (χ4n) is 2.74. The van der Waals surface area contributed by atoms with Crippen molar-refractivity contribution in [3.63, 3.8) is 0 Å². The van der Waals surface area contributed by atoms with E-state index in [2.05, 4.69) is 10.3 Å². The fraction of sp³-hybridized carbons (Fsp3) is 0.350. The van der Waals surface area contributed by atoms with Crippen LogP contribution in [0.3, 0.4) is 0 Å². The van der Waals surface area contributed by atoms with Crippen molar-refractivity contribution < 1.29 is 22.8 Å². The predicted molar refractivity (Wildman–Crippen MR) is 104 cm³/mol. The van der Waals surface area contributed by atoms with Crippen molar-refractivity contribution in [2.75, 3.05) is 32.0 Å². The van der Waals surface area contributed by atoms with Gasteiger partial charge in [0.15, 0.2) is 0 Å². The van der Waals surface area contributed by atoms with Gasteiger partial charge in [-0.2, -0.15) is 13.2 Å². The van der Waals surface area contributed by atoms with Crippen LogP contribution in [0.25, 0.3) is 0 Å². The zero-order valence-corrected chi connectivity index (χ0v) is 16.5. The van der Waals surface area contributed by atoms with Gasteiger partial charge in [0, 0.05) is 32.0 Å². The van der Waals surface area contributed by atoms with Crippen LogP contribution in [-0.4, -0.2) is 53.3 Å². The minimum Gasteiger partial charge on any atom is -0.342 e. The van der Waals surface area contributed by atoms with Gasteiger partial charge in [0.2, 0.25) is 5.91 Å². The summed E-state index contributed by atoms with van der Waals surface area (Å²) >= 11 is 0. The minimum atomic E-state index is -4.48. The van der Waals surface area contributed by atoms with E-state index < -0.39 is 17.6 Å². The fourth-order valence-corrected chi connectivity index (χ4v) is 2.74. The summed E-state index contributed by atoms with van der Waals surface area (Å²) in [5, 5.41) is 2.77. The summed E-state index contributed by atoms with van der Waals surface area (Å²) < 4.78 is 38.8. The quantitative estimate of drug-likeness (QED) is 0.757. The van der Waals surface area contributed by atoms with Crippen LogP contribution in [0.4, 0.5) is 24.7 Å². The number of alkyl halides is 3. The molecule has 0 fully saturated rings. The number of carbonyl (C=O) groups is 2. The van der Waals surface area contributed by atoms with Crippen LogP contribution in [0.1, 0.15) is 29.8 Å². The number of amides is 2. The topological polar surface area (TPSA) is 65.5 Å². The highest BCUT2D eigenvalue weighted by Gasteiger charge is 2.30. The molecule has 0 saturated carbocycles. The third-order valence-corrected chi connectivity index (χ3v) is 4.33. The molecular formula is C20H23F3N4O2. The number of hydrogen-bond acceptors (Lipinski definition) is 4. The Hall–Kier alpha value is -3.10. The van der Waals surface area contributed by atoms with Crippen LogP contribution >= 0.6 is 0 Å². The molecule has 0 bridgehead atoms. The second-order valence-corrected chi connectivity index (χ2v) is 6.33. The van der Waals surface area contributed by atoms with Gasteiger partial charge in [0.25, 0.3) is 5.91 Å². The van der Waals surface area contributed by atoms with Crippen molar-refractivity contribution in [3.05, 3.63) is 53.7 Å². The number of halogens is 3. The lowest BCUT2D eigenvalue weighted by molar-refractivity contribution is -0.137. The molecule has 0 aliphatic heterocycles. The first-order valence-corrected chi connectivity index (χ1v) is 9.09. The average molecular weight is 408 g/mol. The van der Waals surface area contributed by atoms with Gasteiger partial charge in [-0.3, -0.25) is 9.59 Å². The van der Waals surface area contributed by atoms with Crippen molar-refractivity contribution in [2.45, 2.75) is 20.0 Å². The molecule has 2 aromatic rings. The van der Waals surface area contributed by atoms with Gasteiger partial charge >= 0.3 is 6.18 Å². The molecule has 1 N–H and O–H groups in total. The van der Waals surface area contributed by atoms with Crippen molar-refractivity contribution in [2.24, 2.45) is 0 Å². The van der Waals surface area contributed by atoms with Gasteiger partial charge in [0.05, 0.1) is 17.7 Å². The highest BCUT2D eigenvalue weighted by atomic mass is 19.4. The van der Waals surface area contributed by atoms with E-state index in [1.807, 2.05) is 13.8 Å². The number of likely N-dealkylation sites (N-methyl/N-ethyl adjacent to an activating group) is 2. The number of benzene rings is 1. The highest BCUT2D eigenvalue weighted by molar-refractivity contribution is 6.00. The van der Waals surface area contributed by atoms with Crippen LogP contribution in [0.2, 0.25) is 0 Å². The lowest BCUT2D eigenvalue weighted by atomic mass is 10.1. The van der Waals surface area contributed by atoms with E-state index in [1.165, 1.54) is 36.3 Å². The van der Waals surface area contributed by atoms with E-state index >= 15 is 0 Å². The molecule has 0 atom stereocenters. The first-order valence-electron chi connectivity index (χ1n) is 9.09. The van der Waals surface area contributed by atoms with Crippen LogP contribution in [0.15, 0.2) is 42.6 Å². The second kappa shape index (κ2) is 9.40. The zero-order chi connectivity index (χ0) is 21.6. The molecular weight excluding hydrogens is 385 g/mol. The molecule has 0 spiro atoms. The van der Waals surface area contributed by atoms with Crippen LogP contribution < -0.4 is 5.32 Å². The lowest BCUT2D eigenvalue weighted by Crippen LogP contribution is -2.41. The number of nitrogens with one attached hydrogen (secondary N) is 1. The van der Waals surface area contributed by atoms with Gasteiger partial charge in [-0.05, 0) is 44.2 Å². The molecule has 29 heavy (non-hydrogen) atoms. The number of nitrogens with zero attached hydrogens (tertiary/aromatic N) is 3. The maximum absolute atomic E-state index is 12.9. The number of aromatic nitrogens is 1. The normalized spacial score (nSPS) is 11.1. The number of anilines is 2. The van der Waals surface area contributed by atoms with Gasteiger partial charge in [-0.15, -0.1) is 0 Å². The zero-order valence-electron chi connectivity index (χ0n) is 16.5. The summed E-state index contributed by atoms with van der Waals surface area (Å²) in [5.41, 5.74) is -0.512. The number of carbonyl (C=O) groups excluding carboxylic acids is 2. The van der Waals surface area contributed by atoms with Crippen LogP contribution in [0.5, 0.6) is 0 Å². The standard InChI is InChI=1S/C20H23F3N4O2/c1-4-27(5-2)17(28)13-26(3)19(29)16-10-7-11-24-18(16)25-15-9-6-8-14(12-15)20(21,22)23/h6-12H,4-5,13H2,1-3H3,(H,24,25). The largest absolute Gasteiger partial charge is 0.416 e. The summed E-state index contributed by atoms with van der Waals surface area (Å²) in [4.78, 5) is 32.0. The van der Waals surface area contributed by atoms with Crippen molar-refractivity contribution >= 4 is 23.3 Å². The number of pyridine rings is 1. The van der Waals surface area contributed by atoms with E-state index in [0.717, 1.165) is 12.1 Å². The Morgan fingerprint density at radius 3 is 2.41 bits per heavy atom. The molecule has 0 radical (unpaired) electrons. The Bertz CT molecular complexity index is 867. The molecule has 9 heteroatoms. The first kappa shape index (κ1) is 22.2. The molecule has 6 nitrogen and oxygen atoms in total. The summed E-state index contributed by atoms with van der Waals surface area (Å²) in [7, 11) is 1.49. The molecule has 1 heterocycles. The summed E-state index contributed by atoms with van der Waals surface area (Å²) in [6.07, 6.45) is -3.06. The molecule has 0 aliphatic carbocycles. The predicted octanol–water partition coefficient (Wildman–Crippen LogP) is 3.78. The average Bonchev–Trinajstić information content (AvgIpc) is 2.68. The van der Waals surface area contributed by atoms with Gasteiger partial charge in [-0.1, -0.05) is 6.07 Å². The Labute approximate surface area is 167 Å². The molecule has 0 aliphatic rings. The third-order valence-electron chi connectivity index (χ3n) is 4.33. The molecule has 0 saturated heterocycles. The Morgan fingerprint density at radius 1 is 1.10 bits per heavy atom. The number of hydrogen-bond donors (Lipinski definition) is 1. The maximum atomic E-state index is 12.9. The van der Waals surface area contributed by atoms with E-state index in [9.17, 15) is 22.8 Å². The van der Waals surface area contributed by atoms with E-state index in [4.69, 9.17) is 0 Å². The molecule has 0 unspecified atom stereocenters. The minimum absolute atomic E-state index is 0.110. The van der Waals surface area contributed by atoms with Crippen molar-refractivity contribution in [1.29, 1.82) is 0 Å². The molecule has 156 valence electrons. The van der Waals surface area contributed by atoms with Gasteiger partial charge in [-0.25, -0.2) is 4.98 Å². The lowest BCUT2D eigenvalue weighted by Gasteiger charge is -2.23. The van der Waals surface area contributed by atoms with Gasteiger partial charge in [0.1, 0.15) is 5.82 Å². The van der Waals surface area contributed by atoms with Crippen LogP contribution in [-0.2, 0) is 11.0 Å². The summed E-state index contributed by atoms with van der Waals surface area (Å²) in [6, 6.07) is 7.67. The Balaban J connectivity index is 2.22. The molecule has 2 amide bonds. The van der Waals surface area contributed by atoms with E-state index in [-0.39, 0.29) is 29.5 Å². The van der Waals surface area contributed by atoms with Gasteiger partial charge < -0.3 is 15.1 Å². The third kappa shape index (κ3) is 5.69. The molecule has 1 aromatic carbocycles. The smallest absolute Gasteiger partial charge is 0.342 e. The van der Waals surface area contributed by atoms with Crippen molar-refractivity contribution in [1.82, 2.24) is 14.8 Å². The molecule has 1 aromatic heterocycles. The summed E-state index contributed by atoms with van der Waals surface area (Å²) in [5.74, 6) is -0.547. The van der Waals surface area contributed by atoms with E-state index in [1.54, 1.807) is 11.0 Å². The van der Waals surface area contributed by atoms with Crippen LogP contribution in [0, 0.1) is 0 Å². The number of rotatable bonds is 7. The SMILES string of the molecule is CCN(CC)C(=O)CN(C)C(=O)c1cccnc1Nc1cccc(C(F)(F)F)c1. The highest BCUT2D eigenvalue weighted by Crippen LogP contribution is 2.31. The van der Waals surface area contributed by atoms with E-state index in [0.29, 0.717) is 13.1 Å². The second-order valence-electron chi connectivity index (χ2n) is 6.33. The Morgan fingerprint density at radius 2 is 1.79 bits per heavy atom. The first-order chi connectivity index (χ1) is 13.7. The van der Waals surface area contributed by atoms with Crippen molar-refractivity contribution in [3.8, 4) is 0 Å². The maximum Gasteiger partial charge on any atom is 0.416 e. The Kier molecular flexibility index (Phi) is 7.19. The summed E-state index contributed by atoms with van der Waals surface area (Å²) in [6.45, 7) is 4.65. The molecule has 2 rings (SSSR count). The monoisotopic (exact) mass is 408 g/mol.